The fourth-order valence-corrected chi connectivity index (χ4v) is 6.95. The Morgan fingerprint density at radius 2 is 2.03 bits per heavy atom. The molecule has 1 aromatic heterocycles. The van der Waals surface area contributed by atoms with Crippen LogP contribution < -0.4 is 14.7 Å². The molecule has 0 saturated carbocycles. The second-order valence-electron chi connectivity index (χ2n) is 7.33. The van der Waals surface area contributed by atoms with Crippen LogP contribution in [0.2, 0.25) is 5.02 Å². The highest BCUT2D eigenvalue weighted by molar-refractivity contribution is 8.04. The largest absolute Gasteiger partial charge is 0.748 e. The fraction of sp³-hybridized carbons (Fsp3) is 0.286. The Morgan fingerprint density at radius 1 is 1.21 bits per heavy atom. The minimum absolute atomic E-state index is 0.235. The van der Waals surface area contributed by atoms with Crippen LogP contribution >= 0.6 is 46.7 Å². The molecule has 3 aromatic rings. The van der Waals surface area contributed by atoms with Crippen LogP contribution in [0.25, 0.3) is 16.3 Å². The number of anilines is 1. The van der Waals surface area contributed by atoms with E-state index in [0.29, 0.717) is 23.9 Å². The van der Waals surface area contributed by atoms with Crippen LogP contribution in [0, 0.1) is 0 Å². The van der Waals surface area contributed by atoms with Gasteiger partial charge in [-0.3, -0.25) is 5.04 Å². The maximum Gasteiger partial charge on any atom is 0.265 e. The molecule has 0 atom stereocenters. The van der Waals surface area contributed by atoms with E-state index in [9.17, 15) is 18.2 Å². The molecule has 8 nitrogen and oxygen atoms in total. The third-order valence-electron chi connectivity index (χ3n) is 5.04. The maximum absolute atomic E-state index is 11.1. The van der Waals surface area contributed by atoms with Gasteiger partial charge in [-0.05, 0) is 30.7 Å². The second kappa shape index (κ2) is 11.6. The molecule has 182 valence electrons. The number of halogens is 1. The van der Waals surface area contributed by atoms with E-state index >= 15 is 0 Å². The van der Waals surface area contributed by atoms with Crippen LogP contribution in [0.1, 0.15) is 17.8 Å². The quantitative estimate of drug-likeness (QED) is 0.0861. The minimum Gasteiger partial charge on any atom is -0.748 e. The zero-order chi connectivity index (χ0) is 24.1. The number of para-hydroxylation sites is 1. The lowest BCUT2D eigenvalue weighted by atomic mass is 10.2. The predicted octanol–water partition coefficient (Wildman–Crippen LogP) is 3.95. The van der Waals surface area contributed by atoms with Crippen molar-refractivity contribution >= 4 is 78.8 Å². The Bertz CT molecular complexity index is 1300. The molecular formula is C21H20ClN2O6S4-. The third kappa shape index (κ3) is 6.45. The number of aromatic nitrogens is 1. The van der Waals surface area contributed by atoms with Crippen molar-refractivity contribution in [3.05, 3.63) is 57.5 Å². The van der Waals surface area contributed by atoms with E-state index in [-0.39, 0.29) is 6.42 Å². The molecule has 0 amide bonds. The summed E-state index contributed by atoms with van der Waals surface area (Å²) in [5.41, 5.74) is 1.99. The molecule has 1 aliphatic heterocycles. The Balaban J connectivity index is 1.65. The highest BCUT2D eigenvalue weighted by Gasteiger charge is 2.28. The van der Waals surface area contributed by atoms with E-state index in [1.165, 1.54) is 0 Å². The van der Waals surface area contributed by atoms with Gasteiger partial charge in [0.05, 0.1) is 26.9 Å². The second-order valence-corrected chi connectivity index (χ2v) is 12.2. The molecule has 0 radical (unpaired) electrons. The van der Waals surface area contributed by atoms with E-state index in [1.807, 2.05) is 42.5 Å². The molecule has 0 fully saturated rings. The van der Waals surface area contributed by atoms with Crippen LogP contribution in [0.3, 0.4) is 0 Å². The number of hydrogen-bond acceptors (Lipinski definition) is 10. The molecule has 1 aliphatic rings. The van der Waals surface area contributed by atoms with Gasteiger partial charge >= 0.3 is 0 Å². The molecule has 2 heterocycles. The van der Waals surface area contributed by atoms with Gasteiger partial charge in [-0.2, -0.15) is 8.90 Å². The van der Waals surface area contributed by atoms with Gasteiger partial charge in [-0.15, -0.1) is 0 Å². The van der Waals surface area contributed by atoms with Crippen molar-refractivity contribution in [3.8, 4) is 0 Å². The first-order valence-electron chi connectivity index (χ1n) is 10.3. The molecule has 13 heteroatoms. The van der Waals surface area contributed by atoms with Crippen molar-refractivity contribution in [1.82, 2.24) is 0 Å². The number of rotatable bonds is 11. The summed E-state index contributed by atoms with van der Waals surface area (Å²) in [4.78, 5) is 3.24. The van der Waals surface area contributed by atoms with Gasteiger partial charge in [0.25, 0.3) is 5.01 Å². The third-order valence-corrected chi connectivity index (χ3v) is 8.89. The van der Waals surface area contributed by atoms with Crippen molar-refractivity contribution in [2.24, 2.45) is 0 Å². The Hall–Kier alpha value is -1.35. The van der Waals surface area contributed by atoms with E-state index in [4.69, 9.17) is 11.6 Å². The summed E-state index contributed by atoms with van der Waals surface area (Å²) in [6, 6.07) is 13.7. The van der Waals surface area contributed by atoms with Crippen LogP contribution in [0.5, 0.6) is 0 Å². The normalized spacial score (nSPS) is 14.9. The van der Waals surface area contributed by atoms with Crippen LogP contribution in [-0.4, -0.2) is 31.0 Å². The van der Waals surface area contributed by atoms with Crippen molar-refractivity contribution in [2.75, 3.05) is 23.0 Å². The summed E-state index contributed by atoms with van der Waals surface area (Å²) in [6.07, 6.45) is 3.05. The van der Waals surface area contributed by atoms with Crippen molar-refractivity contribution in [3.63, 3.8) is 0 Å². The number of hydrogen-bond donors (Lipinski definition) is 0. The maximum atomic E-state index is 11.1. The highest BCUT2D eigenvalue weighted by Crippen LogP contribution is 2.47. The topological polar surface area (TPSA) is 106 Å². The minimum atomic E-state index is -4.27. The van der Waals surface area contributed by atoms with E-state index in [1.54, 1.807) is 23.1 Å². The average molecular weight is 560 g/mol. The first-order valence-corrected chi connectivity index (χ1v) is 14.8. The van der Waals surface area contributed by atoms with Gasteiger partial charge < -0.3 is 14.7 Å². The van der Waals surface area contributed by atoms with E-state index in [0.717, 1.165) is 49.3 Å². The molecule has 0 spiro atoms. The lowest BCUT2D eigenvalue weighted by molar-refractivity contribution is -0.777. The Labute approximate surface area is 214 Å². The van der Waals surface area contributed by atoms with Gasteiger partial charge in [0, 0.05) is 52.5 Å². The molecular weight excluding hydrogens is 540 g/mol. The summed E-state index contributed by atoms with van der Waals surface area (Å²) in [7, 11) is -4.27. The number of benzene rings is 2. The molecule has 0 bridgehead atoms. The lowest BCUT2D eigenvalue weighted by Gasteiger charge is -2.20. The smallest absolute Gasteiger partial charge is 0.265 e. The zero-order valence-corrected chi connectivity index (χ0v) is 21.7. The van der Waals surface area contributed by atoms with Crippen molar-refractivity contribution < 1.29 is 32.2 Å². The van der Waals surface area contributed by atoms with Crippen LogP contribution in [-0.2, 0) is 26.0 Å². The van der Waals surface area contributed by atoms with Crippen molar-refractivity contribution in [1.29, 1.82) is 0 Å². The highest BCUT2D eigenvalue weighted by atomic mass is 35.5. The molecule has 2 aromatic carbocycles. The summed E-state index contributed by atoms with van der Waals surface area (Å²) < 4.78 is 40.8. The zero-order valence-electron chi connectivity index (χ0n) is 17.7. The predicted molar refractivity (Wildman–Crippen MR) is 133 cm³/mol. The summed E-state index contributed by atoms with van der Waals surface area (Å²) in [5, 5.41) is 16.0. The summed E-state index contributed by atoms with van der Waals surface area (Å²) in [6.45, 7) is 1.08. The molecule has 34 heavy (non-hydrogen) atoms. The van der Waals surface area contributed by atoms with Gasteiger partial charge in [0.15, 0.2) is 6.54 Å². The number of thiazole rings is 1. The lowest BCUT2D eigenvalue weighted by Crippen LogP contribution is -2.36. The first-order chi connectivity index (χ1) is 16.4. The molecule has 4 rings (SSSR count). The molecule has 0 saturated heterocycles. The number of aryl methyl sites for hydroxylation is 1. The van der Waals surface area contributed by atoms with Gasteiger partial charge in [-0.1, -0.05) is 46.8 Å². The Kier molecular flexibility index (Phi) is 8.77. The van der Waals surface area contributed by atoms with E-state index < -0.39 is 15.9 Å². The Morgan fingerprint density at radius 3 is 2.82 bits per heavy atom. The SMILES string of the molecule is O=S(=O)([O-])CCC[n+]1c(C=C2Sc3ccc(Cl)cc3N2CCCSOO[O-])sc2ccccc21. The summed E-state index contributed by atoms with van der Waals surface area (Å²) >= 11 is 10.4. The monoisotopic (exact) mass is 559 g/mol. The van der Waals surface area contributed by atoms with Crippen LogP contribution in [0.15, 0.2) is 52.4 Å². The molecule has 0 aliphatic carbocycles. The first kappa shape index (κ1) is 25.7. The van der Waals surface area contributed by atoms with E-state index in [2.05, 4.69) is 24.9 Å². The average Bonchev–Trinajstić information content (AvgIpc) is 3.30. The standard InChI is InChI=1S/C21H21ClN2O6S4/c22-15-7-8-19-17(13-15)24(9-3-11-31-30-29-25)21(33-19)14-20-23(10-4-12-34(26,27)28)16-5-1-2-6-18(16)32-20/h1-2,5-8,13-14H,3-4,9-12H2,(H-,25,26,27,28)/p-1. The van der Waals surface area contributed by atoms with Gasteiger partial charge in [0.2, 0.25) is 5.52 Å². The molecule has 0 N–H and O–H groups in total. The number of thioether (sulfide) groups is 1. The summed E-state index contributed by atoms with van der Waals surface area (Å²) in [5.74, 6) is 0.164. The number of fused-ring (bicyclic) bond motifs is 2. The van der Waals surface area contributed by atoms with Crippen LogP contribution in [0.4, 0.5) is 5.69 Å². The molecule has 0 unspecified atom stereocenters. The van der Waals surface area contributed by atoms with Gasteiger partial charge in [-0.25, -0.2) is 8.42 Å². The van der Waals surface area contributed by atoms with Gasteiger partial charge in [0.1, 0.15) is 4.70 Å². The van der Waals surface area contributed by atoms with Crippen molar-refractivity contribution in [2.45, 2.75) is 24.3 Å². The number of nitrogens with zero attached hydrogens (tertiary/aromatic N) is 2. The fourth-order valence-electron chi connectivity index (χ4n) is 3.64.